The van der Waals surface area contributed by atoms with Crippen molar-refractivity contribution in [3.05, 3.63) is 28.2 Å². The number of methoxy groups -OCH3 is 1. The molecule has 0 saturated heterocycles. The summed E-state index contributed by atoms with van der Waals surface area (Å²) in [6.45, 7) is 1.66. The van der Waals surface area contributed by atoms with Crippen molar-refractivity contribution in [2.24, 2.45) is 0 Å². The largest absolute Gasteiger partial charge is 0.395 e. The van der Waals surface area contributed by atoms with Crippen molar-refractivity contribution in [2.45, 2.75) is 17.9 Å². The van der Waals surface area contributed by atoms with E-state index in [1.165, 1.54) is 13.2 Å². The van der Waals surface area contributed by atoms with Gasteiger partial charge in [0, 0.05) is 11.6 Å². The maximum Gasteiger partial charge on any atom is 0.242 e. The highest BCUT2D eigenvalue weighted by molar-refractivity contribution is 9.10. The second-order valence-corrected chi connectivity index (χ2v) is 6.43. The number of rotatable bonds is 6. The average molecular weight is 338 g/mol. The number of nitrogens with one attached hydrogen (secondary N) is 1. The van der Waals surface area contributed by atoms with Gasteiger partial charge < -0.3 is 9.84 Å². The Morgan fingerprint density at radius 3 is 2.67 bits per heavy atom. The quantitative estimate of drug-likeness (QED) is 0.813. The van der Waals surface area contributed by atoms with E-state index in [1.807, 2.05) is 6.92 Å². The van der Waals surface area contributed by atoms with Gasteiger partial charge in [0.1, 0.15) is 0 Å². The normalized spacial score (nSPS) is 13.6. The standard InChI is InChI=1S/C11H16BrNO4S/c1-8-3-4-11(10(12)5-8)18(15,16)13-9(6-14)7-17-2/h3-5,9,13-14H,6-7H2,1-2H3. The van der Waals surface area contributed by atoms with Crippen LogP contribution in [0.3, 0.4) is 0 Å². The Morgan fingerprint density at radius 2 is 2.17 bits per heavy atom. The fourth-order valence-corrected chi connectivity index (χ4v) is 3.84. The van der Waals surface area contributed by atoms with E-state index in [1.54, 1.807) is 12.1 Å². The Morgan fingerprint density at radius 1 is 1.50 bits per heavy atom. The number of benzene rings is 1. The number of aryl methyl sites for hydroxylation is 1. The number of sulfonamides is 1. The molecular formula is C11H16BrNO4S. The van der Waals surface area contributed by atoms with Gasteiger partial charge in [-0.25, -0.2) is 13.1 Å². The van der Waals surface area contributed by atoms with Gasteiger partial charge in [0.2, 0.25) is 10.0 Å². The molecule has 0 aromatic heterocycles. The SMILES string of the molecule is COCC(CO)NS(=O)(=O)c1ccc(C)cc1Br. The maximum absolute atomic E-state index is 12.1. The van der Waals surface area contributed by atoms with Gasteiger partial charge in [-0.15, -0.1) is 0 Å². The van der Waals surface area contributed by atoms with Gasteiger partial charge >= 0.3 is 0 Å². The van der Waals surface area contributed by atoms with Crippen LogP contribution in [0.2, 0.25) is 0 Å². The summed E-state index contributed by atoms with van der Waals surface area (Å²) in [5.74, 6) is 0. The van der Waals surface area contributed by atoms with Crippen molar-refractivity contribution >= 4 is 26.0 Å². The first kappa shape index (κ1) is 15.6. The predicted octanol–water partition coefficient (Wildman–Crippen LogP) is 1.04. The molecule has 1 aromatic carbocycles. The summed E-state index contributed by atoms with van der Waals surface area (Å²) in [6.07, 6.45) is 0. The third kappa shape index (κ3) is 4.03. The maximum atomic E-state index is 12.1. The van der Waals surface area contributed by atoms with Crippen molar-refractivity contribution in [3.8, 4) is 0 Å². The fraction of sp³-hybridized carbons (Fsp3) is 0.455. The van der Waals surface area contributed by atoms with Crippen LogP contribution in [0.4, 0.5) is 0 Å². The molecule has 0 radical (unpaired) electrons. The van der Waals surface area contributed by atoms with Gasteiger partial charge in [-0.05, 0) is 40.5 Å². The van der Waals surface area contributed by atoms with Crippen LogP contribution in [0.25, 0.3) is 0 Å². The molecule has 0 amide bonds. The molecule has 1 unspecified atom stereocenters. The number of hydrogen-bond acceptors (Lipinski definition) is 4. The van der Waals surface area contributed by atoms with E-state index in [0.717, 1.165) is 5.56 Å². The molecule has 5 nitrogen and oxygen atoms in total. The first-order valence-electron chi connectivity index (χ1n) is 5.29. The van der Waals surface area contributed by atoms with Crippen molar-refractivity contribution in [2.75, 3.05) is 20.3 Å². The number of aliphatic hydroxyl groups excluding tert-OH is 1. The molecule has 102 valence electrons. The smallest absolute Gasteiger partial charge is 0.242 e. The second-order valence-electron chi connectivity index (χ2n) is 3.89. The predicted molar refractivity (Wildman–Crippen MR) is 72.0 cm³/mol. The van der Waals surface area contributed by atoms with Gasteiger partial charge in [-0.2, -0.15) is 0 Å². The molecule has 1 atom stereocenters. The lowest BCUT2D eigenvalue weighted by molar-refractivity contribution is 0.139. The molecule has 0 fully saturated rings. The van der Waals surface area contributed by atoms with Gasteiger partial charge in [0.15, 0.2) is 0 Å². The van der Waals surface area contributed by atoms with E-state index in [4.69, 9.17) is 9.84 Å². The Labute approximate surface area is 115 Å². The topological polar surface area (TPSA) is 75.6 Å². The third-order valence-corrected chi connectivity index (χ3v) is 4.78. The van der Waals surface area contributed by atoms with Gasteiger partial charge in [0.05, 0.1) is 24.2 Å². The molecule has 18 heavy (non-hydrogen) atoms. The lowest BCUT2D eigenvalue weighted by atomic mass is 10.2. The lowest BCUT2D eigenvalue weighted by Crippen LogP contribution is -2.40. The van der Waals surface area contributed by atoms with E-state index >= 15 is 0 Å². The fourth-order valence-electron chi connectivity index (χ4n) is 1.43. The molecule has 1 rings (SSSR count). The summed E-state index contributed by atoms with van der Waals surface area (Å²) in [7, 11) is -2.23. The highest BCUT2D eigenvalue weighted by Gasteiger charge is 2.21. The average Bonchev–Trinajstić information content (AvgIpc) is 2.27. The summed E-state index contributed by atoms with van der Waals surface area (Å²) >= 11 is 3.22. The molecule has 0 heterocycles. The van der Waals surface area contributed by atoms with Crippen LogP contribution in [-0.4, -0.2) is 39.9 Å². The van der Waals surface area contributed by atoms with E-state index in [9.17, 15) is 8.42 Å². The Kier molecular flexibility index (Phi) is 5.74. The summed E-state index contributed by atoms with van der Waals surface area (Å²) in [5, 5.41) is 9.06. The third-order valence-electron chi connectivity index (χ3n) is 2.29. The van der Waals surface area contributed by atoms with Crippen molar-refractivity contribution in [1.29, 1.82) is 0 Å². The number of hydrogen-bond donors (Lipinski definition) is 2. The molecule has 1 aromatic rings. The zero-order valence-electron chi connectivity index (χ0n) is 10.2. The summed E-state index contributed by atoms with van der Waals surface area (Å²) in [5.41, 5.74) is 0.955. The van der Waals surface area contributed by atoms with Crippen LogP contribution in [-0.2, 0) is 14.8 Å². The zero-order valence-corrected chi connectivity index (χ0v) is 12.6. The van der Waals surface area contributed by atoms with Crippen molar-refractivity contribution in [1.82, 2.24) is 4.72 Å². The minimum atomic E-state index is -3.68. The molecule has 0 aliphatic rings. The number of halogens is 1. The van der Waals surface area contributed by atoms with Crippen molar-refractivity contribution < 1.29 is 18.3 Å². The molecule has 7 heteroatoms. The van der Waals surface area contributed by atoms with E-state index < -0.39 is 16.1 Å². The first-order chi connectivity index (χ1) is 8.40. The Bertz CT molecular complexity index is 504. The zero-order chi connectivity index (χ0) is 13.8. The molecule has 0 spiro atoms. The van der Waals surface area contributed by atoms with Gasteiger partial charge in [-0.3, -0.25) is 0 Å². The minimum Gasteiger partial charge on any atom is -0.395 e. The van der Waals surface area contributed by atoms with Crippen LogP contribution < -0.4 is 4.72 Å². The van der Waals surface area contributed by atoms with Crippen molar-refractivity contribution in [3.63, 3.8) is 0 Å². The summed E-state index contributed by atoms with van der Waals surface area (Å²) in [4.78, 5) is 0.141. The first-order valence-corrected chi connectivity index (χ1v) is 7.56. The molecule has 0 bridgehead atoms. The van der Waals surface area contributed by atoms with Crippen LogP contribution in [0.15, 0.2) is 27.6 Å². The Balaban J connectivity index is 2.99. The van der Waals surface area contributed by atoms with E-state index in [0.29, 0.717) is 4.47 Å². The molecule has 0 aliphatic heterocycles. The number of ether oxygens (including phenoxy) is 1. The van der Waals surface area contributed by atoms with Crippen LogP contribution in [0.1, 0.15) is 5.56 Å². The lowest BCUT2D eigenvalue weighted by Gasteiger charge is -2.16. The minimum absolute atomic E-state index is 0.110. The molecular weight excluding hydrogens is 322 g/mol. The summed E-state index contributed by atoms with van der Waals surface area (Å²) in [6, 6.07) is 4.29. The molecule has 0 aliphatic carbocycles. The van der Waals surface area contributed by atoms with Crippen LogP contribution >= 0.6 is 15.9 Å². The monoisotopic (exact) mass is 337 g/mol. The number of aliphatic hydroxyl groups is 1. The highest BCUT2D eigenvalue weighted by Crippen LogP contribution is 2.23. The van der Waals surface area contributed by atoms with Gasteiger partial charge in [0.25, 0.3) is 0 Å². The molecule has 0 saturated carbocycles. The Hall–Kier alpha value is -0.470. The molecule has 2 N–H and O–H groups in total. The second kappa shape index (κ2) is 6.63. The van der Waals surface area contributed by atoms with E-state index in [-0.39, 0.29) is 18.1 Å². The van der Waals surface area contributed by atoms with Crippen LogP contribution in [0.5, 0.6) is 0 Å². The summed E-state index contributed by atoms with van der Waals surface area (Å²) < 4.78 is 31.9. The van der Waals surface area contributed by atoms with Gasteiger partial charge in [-0.1, -0.05) is 6.07 Å². The van der Waals surface area contributed by atoms with E-state index in [2.05, 4.69) is 20.7 Å². The highest BCUT2D eigenvalue weighted by atomic mass is 79.9. The van der Waals surface area contributed by atoms with Crippen LogP contribution in [0, 0.1) is 6.92 Å².